The Morgan fingerprint density at radius 3 is 2.60 bits per heavy atom. The number of benzene rings is 1. The molecule has 1 saturated carbocycles. The van der Waals surface area contributed by atoms with Crippen molar-refractivity contribution in [1.29, 1.82) is 0 Å². The molecule has 4 aromatic rings. The van der Waals surface area contributed by atoms with E-state index in [1.807, 2.05) is 18.2 Å². The van der Waals surface area contributed by atoms with Crippen LogP contribution in [0.4, 0.5) is 17.6 Å². The van der Waals surface area contributed by atoms with Gasteiger partial charge in [-0.1, -0.05) is 24.3 Å². The van der Waals surface area contributed by atoms with E-state index < -0.39 is 12.3 Å². The van der Waals surface area contributed by atoms with Gasteiger partial charge in [0.25, 0.3) is 6.43 Å². The van der Waals surface area contributed by atoms with Crippen LogP contribution in [0, 0.1) is 6.20 Å². The largest absolute Gasteiger partial charge is 0.280 e. The predicted octanol–water partition coefficient (Wildman–Crippen LogP) is 5.73. The average molecular weight is 411 g/mol. The van der Waals surface area contributed by atoms with E-state index in [-0.39, 0.29) is 24.5 Å². The Morgan fingerprint density at radius 1 is 1.07 bits per heavy atom. The van der Waals surface area contributed by atoms with Crippen LogP contribution in [0.1, 0.15) is 36.4 Å². The normalized spacial score (nSPS) is 16.2. The Kier molecular flexibility index (Phi) is 4.30. The molecule has 4 nitrogen and oxygen atoms in total. The molecule has 1 radical (unpaired) electrons. The molecule has 1 aliphatic carbocycles. The van der Waals surface area contributed by atoms with Gasteiger partial charge in [0.1, 0.15) is 5.69 Å². The van der Waals surface area contributed by atoms with E-state index >= 15 is 0 Å². The van der Waals surface area contributed by atoms with Crippen LogP contribution < -0.4 is 0 Å². The highest BCUT2D eigenvalue weighted by molar-refractivity contribution is 5.84. The molecule has 8 heteroatoms. The molecule has 3 aromatic heterocycles. The molecular formula is C22H15F4N4. The second kappa shape index (κ2) is 6.90. The first-order valence-corrected chi connectivity index (χ1v) is 9.40. The number of halogens is 4. The number of hydrogen-bond donors (Lipinski definition) is 0. The van der Waals surface area contributed by atoms with Crippen molar-refractivity contribution in [3.63, 3.8) is 0 Å². The number of nitrogens with zero attached hydrogens (tertiary/aromatic N) is 4. The first-order valence-electron chi connectivity index (χ1n) is 9.40. The van der Waals surface area contributed by atoms with Crippen molar-refractivity contribution in [3.8, 4) is 17.1 Å². The summed E-state index contributed by atoms with van der Waals surface area (Å²) < 4.78 is 53.7. The minimum atomic E-state index is -2.67. The SMILES string of the molecule is FC(F)c1cccc(-n2ncc3ccc(-c4ccc(C5CC(F)(F)C5)[c]n4)cc32)n1. The zero-order chi connectivity index (χ0) is 20.9. The van der Waals surface area contributed by atoms with Crippen molar-refractivity contribution in [3.05, 3.63) is 72.2 Å². The highest BCUT2D eigenvalue weighted by atomic mass is 19.3. The maximum absolute atomic E-state index is 13.1. The summed E-state index contributed by atoms with van der Waals surface area (Å²) in [7, 11) is 0. The molecule has 0 N–H and O–H groups in total. The summed E-state index contributed by atoms with van der Waals surface area (Å²) in [6.45, 7) is 0. The van der Waals surface area contributed by atoms with Gasteiger partial charge in [-0.3, -0.25) is 0 Å². The van der Waals surface area contributed by atoms with Crippen molar-refractivity contribution in [2.45, 2.75) is 31.1 Å². The average Bonchev–Trinajstić information content (AvgIpc) is 3.15. The van der Waals surface area contributed by atoms with Crippen LogP contribution in [0.25, 0.3) is 28.0 Å². The quantitative estimate of drug-likeness (QED) is 0.403. The maximum Gasteiger partial charge on any atom is 0.280 e. The molecule has 0 amide bonds. The van der Waals surface area contributed by atoms with Gasteiger partial charge < -0.3 is 0 Å². The molecule has 0 atom stereocenters. The fourth-order valence-corrected chi connectivity index (χ4v) is 3.68. The van der Waals surface area contributed by atoms with Crippen LogP contribution in [0.5, 0.6) is 0 Å². The number of pyridine rings is 2. The minimum absolute atomic E-state index is 0.166. The topological polar surface area (TPSA) is 43.6 Å². The number of alkyl halides is 4. The summed E-state index contributed by atoms with van der Waals surface area (Å²) in [5, 5.41) is 5.10. The smallest absolute Gasteiger partial charge is 0.246 e. The molecule has 0 aliphatic heterocycles. The maximum atomic E-state index is 13.1. The molecule has 1 fully saturated rings. The summed E-state index contributed by atoms with van der Waals surface area (Å²) in [6, 6.07) is 13.5. The molecule has 0 unspecified atom stereocenters. The third-order valence-electron chi connectivity index (χ3n) is 5.32. The molecule has 5 rings (SSSR count). The van der Waals surface area contributed by atoms with Crippen molar-refractivity contribution >= 4 is 10.9 Å². The molecule has 0 bridgehead atoms. The van der Waals surface area contributed by atoms with Gasteiger partial charge in [0.15, 0.2) is 5.82 Å². The lowest BCUT2D eigenvalue weighted by Crippen LogP contribution is -2.33. The molecule has 1 aromatic carbocycles. The molecule has 0 saturated heterocycles. The fourth-order valence-electron chi connectivity index (χ4n) is 3.68. The summed E-state index contributed by atoms with van der Waals surface area (Å²) in [4.78, 5) is 8.31. The van der Waals surface area contributed by atoms with Crippen molar-refractivity contribution in [1.82, 2.24) is 19.7 Å². The van der Waals surface area contributed by atoms with E-state index in [2.05, 4.69) is 21.3 Å². The van der Waals surface area contributed by atoms with E-state index in [4.69, 9.17) is 0 Å². The summed E-state index contributed by atoms with van der Waals surface area (Å²) >= 11 is 0. The van der Waals surface area contributed by atoms with Gasteiger partial charge in [-0.05, 0) is 35.7 Å². The first-order chi connectivity index (χ1) is 14.4. The standard InChI is InChI=1S/C22H15F4N4/c23-21(24)18-2-1-3-20(29-18)30-19-8-13(4-5-15(19)12-28-30)17-7-6-14(11-27-17)16-9-22(25,26)10-16/h1-8,12,16,21H,9-10H2. The van der Waals surface area contributed by atoms with E-state index in [1.165, 1.54) is 16.8 Å². The van der Waals surface area contributed by atoms with E-state index in [0.29, 0.717) is 22.6 Å². The summed E-state index contributed by atoms with van der Waals surface area (Å²) in [5.74, 6) is -2.50. The monoisotopic (exact) mass is 411 g/mol. The van der Waals surface area contributed by atoms with E-state index in [9.17, 15) is 17.6 Å². The van der Waals surface area contributed by atoms with Crippen molar-refractivity contribution < 1.29 is 17.6 Å². The van der Waals surface area contributed by atoms with Crippen LogP contribution in [-0.2, 0) is 0 Å². The fraction of sp³-hybridized carbons (Fsp3) is 0.227. The highest BCUT2D eigenvalue weighted by Gasteiger charge is 2.45. The second-order valence-electron chi connectivity index (χ2n) is 7.41. The van der Waals surface area contributed by atoms with Gasteiger partial charge in [-0.2, -0.15) is 5.10 Å². The number of fused-ring (bicyclic) bond motifs is 1. The lowest BCUT2D eigenvalue weighted by molar-refractivity contribution is -0.0868. The van der Waals surface area contributed by atoms with Crippen LogP contribution in [0.3, 0.4) is 0 Å². The Balaban J connectivity index is 1.48. The van der Waals surface area contributed by atoms with E-state index in [0.717, 1.165) is 10.9 Å². The molecule has 0 spiro atoms. The number of rotatable bonds is 4. The lowest BCUT2D eigenvalue weighted by Gasteiger charge is -2.34. The van der Waals surface area contributed by atoms with E-state index in [1.54, 1.807) is 24.4 Å². The molecule has 3 heterocycles. The van der Waals surface area contributed by atoms with Crippen LogP contribution >= 0.6 is 0 Å². The Hall–Kier alpha value is -3.29. The zero-order valence-electron chi connectivity index (χ0n) is 15.6. The Labute approximate surface area is 169 Å². The van der Waals surface area contributed by atoms with Gasteiger partial charge >= 0.3 is 0 Å². The minimum Gasteiger partial charge on any atom is -0.246 e. The molecule has 151 valence electrons. The van der Waals surface area contributed by atoms with Gasteiger partial charge in [-0.15, -0.1) is 0 Å². The summed E-state index contributed by atoms with van der Waals surface area (Å²) in [5.41, 5.74) is 2.46. The first kappa shape index (κ1) is 18.7. The third-order valence-corrected chi connectivity index (χ3v) is 5.32. The van der Waals surface area contributed by atoms with Gasteiger partial charge in [0, 0.05) is 23.8 Å². The highest BCUT2D eigenvalue weighted by Crippen LogP contribution is 2.48. The summed E-state index contributed by atoms with van der Waals surface area (Å²) in [6.07, 6.45) is 1.51. The molecular weight excluding hydrogens is 396 g/mol. The van der Waals surface area contributed by atoms with Crippen molar-refractivity contribution in [2.24, 2.45) is 0 Å². The number of aromatic nitrogens is 4. The lowest BCUT2D eigenvalue weighted by atomic mass is 9.77. The van der Waals surface area contributed by atoms with Crippen LogP contribution in [0.15, 0.2) is 54.7 Å². The molecule has 30 heavy (non-hydrogen) atoms. The predicted molar refractivity (Wildman–Crippen MR) is 103 cm³/mol. The molecule has 1 aliphatic rings. The Bertz CT molecular complexity index is 1210. The zero-order valence-corrected chi connectivity index (χ0v) is 15.6. The van der Waals surface area contributed by atoms with Gasteiger partial charge in [0.05, 0.1) is 23.6 Å². The van der Waals surface area contributed by atoms with Crippen molar-refractivity contribution in [2.75, 3.05) is 0 Å². The van der Waals surface area contributed by atoms with Gasteiger partial charge in [0.2, 0.25) is 5.92 Å². The third kappa shape index (κ3) is 3.32. The second-order valence-corrected chi connectivity index (χ2v) is 7.41. The Morgan fingerprint density at radius 2 is 1.90 bits per heavy atom. The van der Waals surface area contributed by atoms with Crippen LogP contribution in [0.2, 0.25) is 0 Å². The van der Waals surface area contributed by atoms with Gasteiger partial charge in [-0.25, -0.2) is 32.2 Å². The van der Waals surface area contributed by atoms with Crippen LogP contribution in [-0.4, -0.2) is 25.7 Å². The number of hydrogen-bond acceptors (Lipinski definition) is 3.